The van der Waals surface area contributed by atoms with Crippen molar-refractivity contribution in [1.29, 1.82) is 0 Å². The second kappa shape index (κ2) is 8.33. The molecule has 122 valence electrons. The van der Waals surface area contributed by atoms with E-state index in [2.05, 4.69) is 15.3 Å². The van der Waals surface area contributed by atoms with Crippen LogP contribution in [0.4, 0.5) is 4.79 Å². The number of benzene rings is 1. The summed E-state index contributed by atoms with van der Waals surface area (Å²) in [7, 11) is 1.70. The maximum atomic E-state index is 12.0. The highest BCUT2D eigenvalue weighted by Gasteiger charge is 2.12. The Hall–Kier alpha value is -2.34. The molecule has 2 rings (SSSR count). The summed E-state index contributed by atoms with van der Waals surface area (Å²) in [5.41, 5.74) is 0.732. The van der Waals surface area contributed by atoms with E-state index in [1.54, 1.807) is 54.8 Å². The van der Waals surface area contributed by atoms with Crippen LogP contribution >= 0.6 is 11.6 Å². The molecule has 2 aromatic rings. The van der Waals surface area contributed by atoms with Gasteiger partial charge in [-0.15, -0.1) is 0 Å². The lowest BCUT2D eigenvalue weighted by molar-refractivity contribution is 0.188. The minimum atomic E-state index is -0.192. The van der Waals surface area contributed by atoms with Gasteiger partial charge in [0.15, 0.2) is 0 Å². The topological polar surface area (TPSA) is 67.4 Å². The Labute approximate surface area is 140 Å². The van der Waals surface area contributed by atoms with Crippen LogP contribution in [0.1, 0.15) is 12.6 Å². The Balaban J connectivity index is 1.75. The third kappa shape index (κ3) is 5.75. The summed E-state index contributed by atoms with van der Waals surface area (Å²) >= 11 is 5.82. The van der Waals surface area contributed by atoms with Crippen LogP contribution < -0.4 is 10.1 Å². The van der Waals surface area contributed by atoms with Crippen LogP contribution in [0.5, 0.6) is 5.75 Å². The van der Waals surface area contributed by atoms with E-state index in [-0.39, 0.29) is 12.1 Å². The van der Waals surface area contributed by atoms with E-state index in [0.29, 0.717) is 23.9 Å². The van der Waals surface area contributed by atoms with Crippen molar-refractivity contribution in [2.24, 2.45) is 0 Å². The lowest BCUT2D eigenvalue weighted by atomic mass is 10.3. The highest BCUT2D eigenvalue weighted by molar-refractivity contribution is 6.30. The summed E-state index contributed by atoms with van der Waals surface area (Å²) in [6.07, 6.45) is 4.67. The largest absolute Gasteiger partial charge is 0.489 e. The minimum Gasteiger partial charge on any atom is -0.489 e. The van der Waals surface area contributed by atoms with Crippen LogP contribution in [-0.2, 0) is 6.54 Å². The van der Waals surface area contributed by atoms with Gasteiger partial charge < -0.3 is 15.0 Å². The minimum absolute atomic E-state index is 0.162. The van der Waals surface area contributed by atoms with Crippen LogP contribution in [0, 0.1) is 0 Å². The summed E-state index contributed by atoms with van der Waals surface area (Å²) in [6, 6.07) is 6.91. The lowest BCUT2D eigenvalue weighted by Gasteiger charge is -2.20. The average molecular weight is 335 g/mol. The average Bonchev–Trinajstić information content (AvgIpc) is 2.55. The highest BCUT2D eigenvalue weighted by Crippen LogP contribution is 2.16. The second-order valence-electron chi connectivity index (χ2n) is 5.12. The number of rotatable bonds is 6. The van der Waals surface area contributed by atoms with E-state index in [0.717, 1.165) is 5.69 Å². The van der Waals surface area contributed by atoms with Crippen molar-refractivity contribution >= 4 is 17.6 Å². The van der Waals surface area contributed by atoms with Crippen molar-refractivity contribution in [3.8, 4) is 5.75 Å². The number of amides is 2. The Morgan fingerprint density at radius 2 is 2.09 bits per heavy atom. The number of halogens is 1. The number of hydrogen-bond donors (Lipinski definition) is 1. The molecule has 1 N–H and O–H groups in total. The molecule has 2 amide bonds. The van der Waals surface area contributed by atoms with E-state index in [1.807, 2.05) is 6.92 Å². The number of carbonyl (C=O) groups excluding carboxylic acids is 1. The number of urea groups is 1. The predicted octanol–water partition coefficient (Wildman–Crippen LogP) is 2.74. The number of nitrogens with one attached hydrogen (secondary N) is 1. The van der Waals surface area contributed by atoms with E-state index in [9.17, 15) is 4.79 Å². The first-order valence-electron chi connectivity index (χ1n) is 7.20. The molecule has 0 aliphatic rings. The number of aromatic nitrogens is 2. The van der Waals surface area contributed by atoms with Crippen molar-refractivity contribution in [1.82, 2.24) is 20.2 Å². The maximum absolute atomic E-state index is 12.0. The number of ether oxygens (including phenoxy) is 1. The van der Waals surface area contributed by atoms with Crippen molar-refractivity contribution in [3.63, 3.8) is 0 Å². The van der Waals surface area contributed by atoms with Crippen LogP contribution in [0.25, 0.3) is 0 Å². The SMILES string of the molecule is C[C@H](CNC(=O)N(C)Cc1cnccn1)Oc1ccc(Cl)cc1. The fraction of sp³-hybridized carbons (Fsp3) is 0.312. The first-order valence-corrected chi connectivity index (χ1v) is 7.58. The van der Waals surface area contributed by atoms with E-state index < -0.39 is 0 Å². The summed E-state index contributed by atoms with van der Waals surface area (Å²) in [6.45, 7) is 2.68. The maximum Gasteiger partial charge on any atom is 0.317 e. The van der Waals surface area contributed by atoms with Gasteiger partial charge in [0, 0.05) is 24.5 Å². The molecule has 0 bridgehead atoms. The summed E-state index contributed by atoms with van der Waals surface area (Å²) < 4.78 is 5.70. The standard InChI is InChI=1S/C16H19ClN4O2/c1-12(23-15-5-3-13(17)4-6-15)9-20-16(22)21(2)11-14-10-18-7-8-19-14/h3-8,10,12H,9,11H2,1-2H3,(H,20,22)/t12-/m1/s1. The van der Waals surface area contributed by atoms with Gasteiger partial charge in [0.1, 0.15) is 11.9 Å². The van der Waals surface area contributed by atoms with Gasteiger partial charge in [0.25, 0.3) is 0 Å². The van der Waals surface area contributed by atoms with Gasteiger partial charge in [-0.2, -0.15) is 0 Å². The number of hydrogen-bond acceptors (Lipinski definition) is 4. The van der Waals surface area contributed by atoms with Gasteiger partial charge in [-0.3, -0.25) is 9.97 Å². The summed E-state index contributed by atoms with van der Waals surface area (Å²) in [5, 5.41) is 3.48. The number of nitrogens with zero attached hydrogens (tertiary/aromatic N) is 3. The zero-order valence-electron chi connectivity index (χ0n) is 13.1. The molecular weight excluding hydrogens is 316 g/mol. The zero-order chi connectivity index (χ0) is 16.7. The Kier molecular flexibility index (Phi) is 6.17. The van der Waals surface area contributed by atoms with Gasteiger partial charge >= 0.3 is 6.03 Å². The first kappa shape index (κ1) is 17.0. The molecule has 1 atom stereocenters. The zero-order valence-corrected chi connectivity index (χ0v) is 13.8. The molecule has 0 aliphatic carbocycles. The van der Waals surface area contributed by atoms with Gasteiger partial charge in [-0.25, -0.2) is 4.79 Å². The molecule has 0 fully saturated rings. The van der Waals surface area contributed by atoms with E-state index >= 15 is 0 Å². The van der Waals surface area contributed by atoms with Crippen LogP contribution in [-0.4, -0.2) is 40.6 Å². The van der Waals surface area contributed by atoms with Crippen molar-refractivity contribution in [2.45, 2.75) is 19.6 Å². The fourth-order valence-corrected chi connectivity index (χ4v) is 2.01. The van der Waals surface area contributed by atoms with Crippen LogP contribution in [0.15, 0.2) is 42.9 Å². The third-order valence-corrected chi connectivity index (χ3v) is 3.31. The molecule has 1 heterocycles. The summed E-state index contributed by atoms with van der Waals surface area (Å²) in [5.74, 6) is 0.712. The molecule has 0 spiro atoms. The molecule has 0 aliphatic heterocycles. The molecule has 23 heavy (non-hydrogen) atoms. The predicted molar refractivity (Wildman–Crippen MR) is 88.4 cm³/mol. The van der Waals surface area contributed by atoms with Gasteiger partial charge in [-0.05, 0) is 31.2 Å². The molecule has 7 heteroatoms. The molecule has 0 saturated carbocycles. The van der Waals surface area contributed by atoms with Crippen molar-refractivity contribution in [2.75, 3.05) is 13.6 Å². The van der Waals surface area contributed by atoms with Crippen LogP contribution in [0.2, 0.25) is 5.02 Å². The highest BCUT2D eigenvalue weighted by atomic mass is 35.5. The van der Waals surface area contributed by atoms with E-state index in [4.69, 9.17) is 16.3 Å². The van der Waals surface area contributed by atoms with E-state index in [1.165, 1.54) is 0 Å². The van der Waals surface area contributed by atoms with Gasteiger partial charge in [-0.1, -0.05) is 11.6 Å². The quantitative estimate of drug-likeness (QED) is 0.882. The molecule has 0 saturated heterocycles. The smallest absolute Gasteiger partial charge is 0.317 e. The molecule has 0 radical (unpaired) electrons. The Bertz CT molecular complexity index is 622. The summed E-state index contributed by atoms with van der Waals surface area (Å²) in [4.78, 5) is 21.7. The second-order valence-corrected chi connectivity index (χ2v) is 5.56. The Morgan fingerprint density at radius 3 is 2.74 bits per heavy atom. The Morgan fingerprint density at radius 1 is 1.35 bits per heavy atom. The lowest BCUT2D eigenvalue weighted by Crippen LogP contribution is -2.41. The van der Waals surface area contributed by atoms with Crippen molar-refractivity contribution < 1.29 is 9.53 Å². The molecule has 0 unspecified atom stereocenters. The molecular formula is C16H19ClN4O2. The molecule has 6 nitrogen and oxygen atoms in total. The molecule has 1 aromatic heterocycles. The van der Waals surface area contributed by atoms with Crippen LogP contribution in [0.3, 0.4) is 0 Å². The number of carbonyl (C=O) groups is 1. The first-order chi connectivity index (χ1) is 11.0. The molecule has 1 aromatic carbocycles. The third-order valence-electron chi connectivity index (χ3n) is 3.05. The van der Waals surface area contributed by atoms with Gasteiger partial charge in [0.2, 0.25) is 0 Å². The van der Waals surface area contributed by atoms with Crippen molar-refractivity contribution in [3.05, 3.63) is 53.6 Å². The van der Waals surface area contributed by atoms with Gasteiger partial charge in [0.05, 0.1) is 25.0 Å². The fourth-order valence-electron chi connectivity index (χ4n) is 1.88. The normalized spacial score (nSPS) is 11.6. The monoisotopic (exact) mass is 334 g/mol.